The Labute approximate surface area is 196 Å². The molecule has 0 aliphatic carbocycles. The summed E-state index contributed by atoms with van der Waals surface area (Å²) in [5.74, 6) is 1.85. The number of aryl methyl sites for hydroxylation is 1. The number of carbonyl (C=O) groups excluding carboxylic acids is 1. The van der Waals surface area contributed by atoms with Crippen LogP contribution in [0.3, 0.4) is 0 Å². The second-order valence-electron chi connectivity index (χ2n) is 8.54. The first-order valence-electron chi connectivity index (χ1n) is 11.8. The average molecular weight is 445 g/mol. The number of benzene rings is 2. The third kappa shape index (κ3) is 5.89. The molecule has 0 atom stereocenters. The number of anilines is 2. The molecule has 1 aliphatic heterocycles. The van der Waals surface area contributed by atoms with E-state index in [4.69, 9.17) is 4.74 Å². The van der Waals surface area contributed by atoms with Gasteiger partial charge in [0.1, 0.15) is 17.9 Å². The van der Waals surface area contributed by atoms with Crippen LogP contribution in [0.25, 0.3) is 11.3 Å². The molecule has 0 unspecified atom stereocenters. The van der Waals surface area contributed by atoms with Crippen LogP contribution in [0.5, 0.6) is 5.75 Å². The molecule has 0 spiro atoms. The number of ether oxygens (including phenoxy) is 1. The van der Waals surface area contributed by atoms with Gasteiger partial charge in [0, 0.05) is 36.3 Å². The SMILES string of the molecule is CCCCc1ccc(NC(=O)C2CCN(c3cc(-c4ccc(OC)cc4)ncn3)CC2)cc1. The molecule has 1 aromatic heterocycles. The zero-order chi connectivity index (χ0) is 23.0. The molecule has 0 saturated carbocycles. The van der Waals surface area contributed by atoms with Gasteiger partial charge in [-0.05, 0) is 67.6 Å². The minimum Gasteiger partial charge on any atom is -0.497 e. The molecule has 0 bridgehead atoms. The predicted octanol–water partition coefficient (Wildman–Crippen LogP) is 5.35. The molecule has 2 aromatic carbocycles. The van der Waals surface area contributed by atoms with E-state index < -0.39 is 0 Å². The van der Waals surface area contributed by atoms with E-state index in [1.54, 1.807) is 13.4 Å². The Hall–Kier alpha value is -3.41. The molecule has 0 radical (unpaired) electrons. The van der Waals surface area contributed by atoms with E-state index in [0.717, 1.165) is 60.9 Å². The van der Waals surface area contributed by atoms with Gasteiger partial charge in [0.2, 0.25) is 5.91 Å². The highest BCUT2D eigenvalue weighted by atomic mass is 16.5. The maximum Gasteiger partial charge on any atom is 0.227 e. The van der Waals surface area contributed by atoms with Crippen LogP contribution in [0.1, 0.15) is 38.2 Å². The van der Waals surface area contributed by atoms with Crippen LogP contribution in [0.15, 0.2) is 60.9 Å². The fourth-order valence-electron chi connectivity index (χ4n) is 4.19. The third-order valence-corrected chi connectivity index (χ3v) is 6.27. The molecule has 172 valence electrons. The lowest BCUT2D eigenvalue weighted by molar-refractivity contribution is -0.120. The van der Waals surface area contributed by atoms with Crippen molar-refractivity contribution in [3.05, 3.63) is 66.5 Å². The summed E-state index contributed by atoms with van der Waals surface area (Å²) < 4.78 is 5.24. The number of hydrogen-bond acceptors (Lipinski definition) is 5. The number of amides is 1. The van der Waals surface area contributed by atoms with Gasteiger partial charge in [-0.1, -0.05) is 25.5 Å². The number of piperidine rings is 1. The predicted molar refractivity (Wildman–Crippen MR) is 133 cm³/mol. The lowest BCUT2D eigenvalue weighted by Crippen LogP contribution is -2.38. The Morgan fingerprint density at radius 1 is 1.06 bits per heavy atom. The van der Waals surface area contributed by atoms with Crippen molar-refractivity contribution in [1.29, 1.82) is 0 Å². The van der Waals surface area contributed by atoms with E-state index in [1.165, 1.54) is 18.4 Å². The fourth-order valence-corrected chi connectivity index (χ4v) is 4.19. The monoisotopic (exact) mass is 444 g/mol. The first-order chi connectivity index (χ1) is 16.2. The second-order valence-corrected chi connectivity index (χ2v) is 8.54. The normalized spacial score (nSPS) is 14.2. The first-order valence-corrected chi connectivity index (χ1v) is 11.8. The number of unbranched alkanes of at least 4 members (excludes halogenated alkanes) is 1. The molecule has 1 saturated heterocycles. The molecular weight excluding hydrogens is 412 g/mol. The van der Waals surface area contributed by atoms with Crippen LogP contribution in [0.4, 0.5) is 11.5 Å². The van der Waals surface area contributed by atoms with Crippen molar-refractivity contribution in [2.45, 2.75) is 39.0 Å². The summed E-state index contributed by atoms with van der Waals surface area (Å²) in [6.45, 7) is 3.80. The summed E-state index contributed by atoms with van der Waals surface area (Å²) in [5, 5.41) is 3.10. The van der Waals surface area contributed by atoms with Crippen LogP contribution in [0, 0.1) is 5.92 Å². The van der Waals surface area contributed by atoms with Crippen molar-refractivity contribution in [2.24, 2.45) is 5.92 Å². The standard InChI is InChI=1S/C27H32N4O2/c1-3-4-5-20-6-10-23(11-7-20)30-27(32)22-14-16-31(17-15-22)26-18-25(28-19-29-26)21-8-12-24(33-2)13-9-21/h6-13,18-19,22H,3-5,14-17H2,1-2H3,(H,30,32). The minimum absolute atomic E-state index is 0.0175. The van der Waals surface area contributed by atoms with Crippen LogP contribution >= 0.6 is 0 Å². The zero-order valence-electron chi connectivity index (χ0n) is 19.5. The number of nitrogens with one attached hydrogen (secondary N) is 1. The summed E-state index contributed by atoms with van der Waals surface area (Å²) in [5.41, 5.74) is 4.10. The smallest absolute Gasteiger partial charge is 0.227 e. The van der Waals surface area contributed by atoms with Crippen LogP contribution in [-0.4, -0.2) is 36.1 Å². The number of hydrogen-bond donors (Lipinski definition) is 1. The van der Waals surface area contributed by atoms with Crippen LogP contribution in [-0.2, 0) is 11.2 Å². The Morgan fingerprint density at radius 3 is 2.45 bits per heavy atom. The van der Waals surface area contributed by atoms with Crippen LogP contribution < -0.4 is 15.0 Å². The number of rotatable bonds is 8. The molecule has 2 heterocycles. The minimum atomic E-state index is 0.0175. The molecule has 1 fully saturated rings. The summed E-state index contributed by atoms with van der Waals surface area (Å²) in [7, 11) is 1.66. The largest absolute Gasteiger partial charge is 0.497 e. The molecule has 3 aromatic rings. The molecule has 1 amide bonds. The van der Waals surface area contributed by atoms with Gasteiger partial charge < -0.3 is 15.0 Å². The van der Waals surface area contributed by atoms with Gasteiger partial charge in [-0.25, -0.2) is 9.97 Å². The number of nitrogens with zero attached hydrogens (tertiary/aromatic N) is 3. The highest BCUT2D eigenvalue weighted by Gasteiger charge is 2.26. The molecule has 4 rings (SSSR count). The van der Waals surface area contributed by atoms with Gasteiger partial charge in [0.15, 0.2) is 0 Å². The molecule has 6 nitrogen and oxygen atoms in total. The van der Waals surface area contributed by atoms with Crippen molar-refractivity contribution in [2.75, 3.05) is 30.4 Å². The van der Waals surface area contributed by atoms with Gasteiger partial charge in [-0.3, -0.25) is 4.79 Å². The summed E-state index contributed by atoms with van der Waals surface area (Å²) in [4.78, 5) is 23.9. The van der Waals surface area contributed by atoms with Gasteiger partial charge >= 0.3 is 0 Å². The molecule has 1 N–H and O–H groups in total. The quantitative estimate of drug-likeness (QED) is 0.507. The number of aromatic nitrogens is 2. The van der Waals surface area contributed by atoms with Crippen molar-refractivity contribution in [3.8, 4) is 17.0 Å². The Kier molecular flexibility index (Phi) is 7.55. The third-order valence-electron chi connectivity index (χ3n) is 6.27. The zero-order valence-corrected chi connectivity index (χ0v) is 19.5. The van der Waals surface area contributed by atoms with Crippen molar-refractivity contribution in [3.63, 3.8) is 0 Å². The van der Waals surface area contributed by atoms with Crippen LogP contribution in [0.2, 0.25) is 0 Å². The van der Waals surface area contributed by atoms with Crippen molar-refractivity contribution < 1.29 is 9.53 Å². The molecule has 33 heavy (non-hydrogen) atoms. The lowest BCUT2D eigenvalue weighted by Gasteiger charge is -2.32. The van der Waals surface area contributed by atoms with Gasteiger partial charge in [-0.2, -0.15) is 0 Å². The topological polar surface area (TPSA) is 67.4 Å². The van der Waals surface area contributed by atoms with Crippen molar-refractivity contribution >= 4 is 17.4 Å². The maximum atomic E-state index is 12.8. The highest BCUT2D eigenvalue weighted by Crippen LogP contribution is 2.27. The number of methoxy groups -OCH3 is 1. The molecular formula is C27H32N4O2. The average Bonchev–Trinajstić information content (AvgIpc) is 2.88. The van der Waals surface area contributed by atoms with E-state index in [9.17, 15) is 4.79 Å². The van der Waals surface area contributed by atoms with Crippen molar-refractivity contribution in [1.82, 2.24) is 9.97 Å². The van der Waals surface area contributed by atoms with E-state index in [0.29, 0.717) is 0 Å². The lowest BCUT2D eigenvalue weighted by atomic mass is 9.95. The first kappa shape index (κ1) is 22.8. The Bertz CT molecular complexity index is 1040. The maximum absolute atomic E-state index is 12.8. The summed E-state index contributed by atoms with van der Waals surface area (Å²) >= 11 is 0. The van der Waals surface area contributed by atoms with E-state index in [2.05, 4.69) is 39.2 Å². The second kappa shape index (κ2) is 10.9. The molecule has 1 aliphatic rings. The van der Waals surface area contributed by atoms with Gasteiger partial charge in [0.05, 0.1) is 12.8 Å². The Balaban J connectivity index is 1.32. The Morgan fingerprint density at radius 2 is 1.79 bits per heavy atom. The number of carbonyl (C=O) groups is 1. The fraction of sp³-hybridized carbons (Fsp3) is 0.370. The van der Waals surface area contributed by atoms with E-state index >= 15 is 0 Å². The van der Waals surface area contributed by atoms with E-state index in [-0.39, 0.29) is 11.8 Å². The molecule has 6 heteroatoms. The summed E-state index contributed by atoms with van der Waals surface area (Å²) in [6.07, 6.45) is 6.70. The highest BCUT2D eigenvalue weighted by molar-refractivity contribution is 5.92. The van der Waals surface area contributed by atoms with E-state index in [1.807, 2.05) is 42.5 Å². The summed E-state index contributed by atoms with van der Waals surface area (Å²) in [6, 6.07) is 18.1. The van der Waals surface area contributed by atoms with Gasteiger partial charge in [0.25, 0.3) is 0 Å². The van der Waals surface area contributed by atoms with Gasteiger partial charge in [-0.15, -0.1) is 0 Å².